The van der Waals surface area contributed by atoms with Crippen LogP contribution in [0.3, 0.4) is 0 Å². The van der Waals surface area contributed by atoms with Crippen molar-refractivity contribution in [1.82, 2.24) is 0 Å². The van der Waals surface area contributed by atoms with Gasteiger partial charge in [0.1, 0.15) is 17.2 Å². The minimum Gasteiger partial charge on any atom is -0.494 e. The molecule has 0 aliphatic rings. The molecule has 0 radical (unpaired) electrons. The van der Waals surface area contributed by atoms with E-state index in [9.17, 15) is 14.4 Å². The molecular formula is C28H28O6. The minimum absolute atomic E-state index is 0.0754. The van der Waals surface area contributed by atoms with Crippen LogP contribution in [0, 0.1) is 6.92 Å². The van der Waals surface area contributed by atoms with Crippen molar-refractivity contribution in [1.29, 1.82) is 0 Å². The van der Waals surface area contributed by atoms with Crippen molar-refractivity contribution in [3.63, 3.8) is 0 Å². The number of benzene rings is 3. The molecule has 0 amide bonds. The van der Waals surface area contributed by atoms with Gasteiger partial charge in [-0.1, -0.05) is 43.9 Å². The number of carbonyl (C=O) groups is 3. The van der Waals surface area contributed by atoms with E-state index in [0.29, 0.717) is 29.8 Å². The maximum absolute atomic E-state index is 12.5. The number of ether oxygens (including phenoxy) is 3. The van der Waals surface area contributed by atoms with Crippen LogP contribution >= 0.6 is 0 Å². The van der Waals surface area contributed by atoms with Crippen molar-refractivity contribution >= 4 is 18.2 Å². The molecule has 176 valence electrons. The Kier molecular flexibility index (Phi) is 8.97. The Morgan fingerprint density at radius 2 is 1.38 bits per heavy atom. The standard InChI is InChI=1S/C28H28O6/c1-3-4-5-6-17-32-24-13-11-22(12-14-24)28(31)34-26-16-15-25(18-23(26)19-29)33-27(30)21-9-7-20(2)8-10-21/h7-16,18-19H,3-6,17H2,1-2H3. The Balaban J connectivity index is 1.60. The maximum Gasteiger partial charge on any atom is 0.343 e. The predicted molar refractivity (Wildman–Crippen MR) is 129 cm³/mol. The minimum atomic E-state index is -0.609. The zero-order chi connectivity index (χ0) is 24.3. The summed E-state index contributed by atoms with van der Waals surface area (Å²) < 4.78 is 16.4. The number of aryl methyl sites for hydroxylation is 1. The van der Waals surface area contributed by atoms with Crippen molar-refractivity contribution in [3.05, 3.63) is 89.0 Å². The summed E-state index contributed by atoms with van der Waals surface area (Å²) in [4.78, 5) is 36.4. The first-order valence-electron chi connectivity index (χ1n) is 11.3. The highest BCUT2D eigenvalue weighted by Crippen LogP contribution is 2.25. The van der Waals surface area contributed by atoms with Gasteiger partial charge in [-0.15, -0.1) is 0 Å². The first kappa shape index (κ1) is 24.7. The summed E-state index contributed by atoms with van der Waals surface area (Å²) in [5, 5.41) is 0. The summed E-state index contributed by atoms with van der Waals surface area (Å²) in [5.41, 5.74) is 1.83. The third kappa shape index (κ3) is 7.04. The lowest BCUT2D eigenvalue weighted by molar-refractivity contribution is 0.0717. The number of rotatable bonds is 11. The van der Waals surface area contributed by atoms with Gasteiger partial charge in [-0.2, -0.15) is 0 Å². The first-order valence-corrected chi connectivity index (χ1v) is 11.3. The van der Waals surface area contributed by atoms with Crippen molar-refractivity contribution in [2.75, 3.05) is 6.61 Å². The molecule has 0 saturated heterocycles. The van der Waals surface area contributed by atoms with Gasteiger partial charge >= 0.3 is 11.9 Å². The number of aldehydes is 1. The quantitative estimate of drug-likeness (QED) is 0.147. The van der Waals surface area contributed by atoms with E-state index < -0.39 is 11.9 Å². The van der Waals surface area contributed by atoms with Gasteiger partial charge in [0, 0.05) is 0 Å². The van der Waals surface area contributed by atoms with E-state index in [4.69, 9.17) is 14.2 Å². The van der Waals surface area contributed by atoms with E-state index in [-0.39, 0.29) is 17.1 Å². The Labute approximate surface area is 199 Å². The van der Waals surface area contributed by atoms with Crippen LogP contribution in [-0.4, -0.2) is 24.8 Å². The molecule has 0 aliphatic heterocycles. The molecule has 3 aromatic carbocycles. The lowest BCUT2D eigenvalue weighted by Gasteiger charge is -2.10. The highest BCUT2D eigenvalue weighted by molar-refractivity contribution is 5.93. The highest BCUT2D eigenvalue weighted by atomic mass is 16.5. The van der Waals surface area contributed by atoms with E-state index >= 15 is 0 Å². The van der Waals surface area contributed by atoms with Crippen molar-refractivity contribution in [2.24, 2.45) is 0 Å². The molecule has 0 heterocycles. The molecule has 0 N–H and O–H groups in total. The van der Waals surface area contributed by atoms with Gasteiger partial charge < -0.3 is 14.2 Å². The lowest BCUT2D eigenvalue weighted by Crippen LogP contribution is -2.11. The molecule has 0 aliphatic carbocycles. The van der Waals surface area contributed by atoms with Crippen LogP contribution in [0.15, 0.2) is 66.7 Å². The normalized spacial score (nSPS) is 10.4. The third-order valence-electron chi connectivity index (χ3n) is 5.17. The number of esters is 2. The molecule has 0 aromatic heterocycles. The summed E-state index contributed by atoms with van der Waals surface area (Å²) in [5.74, 6) is -0.225. The van der Waals surface area contributed by atoms with Gasteiger partial charge in [-0.05, 0) is 67.9 Å². The Hall–Kier alpha value is -3.93. The van der Waals surface area contributed by atoms with Gasteiger partial charge in [-0.25, -0.2) is 9.59 Å². The molecule has 0 fully saturated rings. The SMILES string of the molecule is CCCCCCOc1ccc(C(=O)Oc2ccc(OC(=O)c3ccc(C)cc3)cc2C=O)cc1. The second-order valence-electron chi connectivity index (χ2n) is 7.90. The van der Waals surface area contributed by atoms with Gasteiger partial charge in [0.2, 0.25) is 0 Å². The molecule has 34 heavy (non-hydrogen) atoms. The molecule has 3 rings (SSSR count). The number of carbonyl (C=O) groups excluding carboxylic acids is 3. The van der Waals surface area contributed by atoms with Crippen molar-refractivity contribution in [3.8, 4) is 17.2 Å². The largest absolute Gasteiger partial charge is 0.494 e. The maximum atomic E-state index is 12.5. The van der Waals surface area contributed by atoms with E-state index in [1.165, 1.54) is 31.0 Å². The Morgan fingerprint density at radius 1 is 0.765 bits per heavy atom. The molecule has 0 unspecified atom stereocenters. The van der Waals surface area contributed by atoms with Crippen molar-refractivity contribution in [2.45, 2.75) is 39.5 Å². The van der Waals surface area contributed by atoms with Crippen LogP contribution in [0.25, 0.3) is 0 Å². The number of hydrogen-bond donors (Lipinski definition) is 0. The predicted octanol–water partition coefficient (Wildman–Crippen LogP) is 6.21. The van der Waals surface area contributed by atoms with Crippen LogP contribution in [0.5, 0.6) is 17.2 Å². The monoisotopic (exact) mass is 460 g/mol. The summed E-state index contributed by atoms with van der Waals surface area (Å²) in [7, 11) is 0. The summed E-state index contributed by atoms with van der Waals surface area (Å²) in [6.45, 7) is 4.71. The molecule has 3 aromatic rings. The molecule has 0 spiro atoms. The van der Waals surface area contributed by atoms with Gasteiger partial charge in [0.25, 0.3) is 0 Å². The number of unbranched alkanes of at least 4 members (excludes halogenated alkanes) is 3. The Morgan fingerprint density at radius 3 is 2.03 bits per heavy atom. The lowest BCUT2D eigenvalue weighted by atomic mass is 10.1. The fourth-order valence-corrected chi connectivity index (χ4v) is 3.20. The van der Waals surface area contributed by atoms with E-state index in [1.54, 1.807) is 36.4 Å². The summed E-state index contributed by atoms with van der Waals surface area (Å²) in [6, 6.07) is 17.8. The highest BCUT2D eigenvalue weighted by Gasteiger charge is 2.15. The van der Waals surface area contributed by atoms with Crippen LogP contribution in [-0.2, 0) is 0 Å². The third-order valence-corrected chi connectivity index (χ3v) is 5.17. The Bertz CT molecular complexity index is 1120. The fraction of sp³-hybridized carbons (Fsp3) is 0.250. The smallest absolute Gasteiger partial charge is 0.343 e. The first-order chi connectivity index (χ1) is 16.5. The van der Waals surface area contributed by atoms with Crippen LogP contribution < -0.4 is 14.2 Å². The topological polar surface area (TPSA) is 78.9 Å². The van der Waals surface area contributed by atoms with Crippen LogP contribution in [0.4, 0.5) is 0 Å². The zero-order valence-corrected chi connectivity index (χ0v) is 19.4. The summed E-state index contributed by atoms with van der Waals surface area (Å²) in [6.07, 6.45) is 5.02. The molecular weight excluding hydrogens is 432 g/mol. The van der Waals surface area contributed by atoms with Gasteiger partial charge in [0.05, 0.1) is 23.3 Å². The van der Waals surface area contributed by atoms with Crippen molar-refractivity contribution < 1.29 is 28.6 Å². The van der Waals surface area contributed by atoms with Gasteiger partial charge in [0.15, 0.2) is 6.29 Å². The fourth-order valence-electron chi connectivity index (χ4n) is 3.20. The second-order valence-corrected chi connectivity index (χ2v) is 7.90. The van der Waals surface area contributed by atoms with Crippen LogP contribution in [0.1, 0.15) is 69.2 Å². The van der Waals surface area contributed by atoms with E-state index in [1.807, 2.05) is 19.1 Å². The second kappa shape index (κ2) is 12.3. The summed E-state index contributed by atoms with van der Waals surface area (Å²) >= 11 is 0. The molecule has 0 saturated carbocycles. The average Bonchev–Trinajstić information content (AvgIpc) is 2.85. The van der Waals surface area contributed by atoms with E-state index in [0.717, 1.165) is 18.4 Å². The average molecular weight is 461 g/mol. The molecule has 6 nitrogen and oxygen atoms in total. The zero-order valence-electron chi connectivity index (χ0n) is 19.4. The number of hydrogen-bond acceptors (Lipinski definition) is 6. The van der Waals surface area contributed by atoms with E-state index in [2.05, 4.69) is 6.92 Å². The van der Waals surface area contributed by atoms with Gasteiger partial charge in [-0.3, -0.25) is 4.79 Å². The molecule has 0 atom stereocenters. The molecule has 6 heteroatoms. The molecule has 0 bridgehead atoms. The van der Waals surface area contributed by atoms with Crippen LogP contribution in [0.2, 0.25) is 0 Å².